The van der Waals surface area contributed by atoms with Gasteiger partial charge in [0, 0.05) is 51.7 Å². The van der Waals surface area contributed by atoms with E-state index < -0.39 is 10.0 Å². The molecule has 3 rings (SSSR count). The maximum Gasteiger partial charge on any atom is 0.246 e. The van der Waals surface area contributed by atoms with Crippen molar-refractivity contribution in [2.24, 2.45) is 0 Å². The first-order chi connectivity index (χ1) is 13.4. The molecule has 0 bridgehead atoms. The van der Waals surface area contributed by atoms with Gasteiger partial charge in [-0.05, 0) is 19.9 Å². The first kappa shape index (κ1) is 20.7. The number of nitrogens with zero attached hydrogens (tertiary/aromatic N) is 7. The number of aromatic nitrogens is 4. The zero-order valence-corrected chi connectivity index (χ0v) is 17.9. The van der Waals surface area contributed by atoms with E-state index in [2.05, 4.69) is 24.9 Å². The van der Waals surface area contributed by atoms with Crippen LogP contribution in [-0.2, 0) is 16.7 Å². The topological polar surface area (TPSA) is 87.5 Å². The molecule has 10 heteroatoms. The Balaban J connectivity index is 1.71. The largest absolute Gasteiger partial charge is 0.338 e. The highest BCUT2D eigenvalue weighted by atomic mass is 32.2. The molecule has 154 valence electrons. The molecule has 0 N–H and O–H groups in total. The van der Waals surface area contributed by atoms with Crippen LogP contribution in [0.2, 0.25) is 0 Å². The molecule has 0 radical (unpaired) electrons. The molecule has 9 nitrogen and oxygen atoms in total. The Morgan fingerprint density at radius 1 is 1.04 bits per heavy atom. The Morgan fingerprint density at radius 2 is 1.64 bits per heavy atom. The summed E-state index contributed by atoms with van der Waals surface area (Å²) in [5.41, 5.74) is 1.25. The van der Waals surface area contributed by atoms with Crippen LogP contribution >= 0.6 is 0 Å². The highest BCUT2D eigenvalue weighted by Gasteiger charge is 2.30. The molecule has 2 aromatic heterocycles. The lowest BCUT2D eigenvalue weighted by Crippen LogP contribution is -2.47. The lowest BCUT2D eigenvalue weighted by atomic mass is 10.3. The number of aryl methyl sites for hydroxylation is 1. The molecule has 28 heavy (non-hydrogen) atoms. The fourth-order valence-electron chi connectivity index (χ4n) is 3.62. The van der Waals surface area contributed by atoms with Crippen molar-refractivity contribution in [3.63, 3.8) is 0 Å². The average molecular weight is 408 g/mol. The van der Waals surface area contributed by atoms with E-state index >= 15 is 0 Å². The lowest BCUT2D eigenvalue weighted by Gasteiger charge is -2.34. The van der Waals surface area contributed by atoms with Gasteiger partial charge in [0.15, 0.2) is 0 Å². The molecule has 1 aliphatic heterocycles. The molecule has 1 saturated heterocycles. The number of sulfonamides is 1. The van der Waals surface area contributed by atoms with E-state index in [-0.39, 0.29) is 0 Å². The Hall–Kier alpha value is -2.04. The highest BCUT2D eigenvalue weighted by Crippen LogP contribution is 2.24. The Kier molecular flexibility index (Phi) is 6.31. The van der Waals surface area contributed by atoms with Crippen LogP contribution in [0, 0.1) is 13.8 Å². The molecule has 0 spiro atoms. The maximum atomic E-state index is 13.0. The fraction of sp³-hybridized carbons (Fsp3) is 0.611. The normalized spacial score (nSPS) is 16.1. The van der Waals surface area contributed by atoms with E-state index in [0.29, 0.717) is 36.0 Å². The van der Waals surface area contributed by atoms with Crippen LogP contribution in [0.1, 0.15) is 25.2 Å². The van der Waals surface area contributed by atoms with Crippen LogP contribution in [0.15, 0.2) is 23.4 Å². The Bertz CT molecular complexity index is 886. The SMILES string of the molecule is CCN(CC)S(=O)(=O)c1c(C)nn(CN2CCN(c3ncccn3)CC2)c1C. The predicted molar refractivity (Wildman–Crippen MR) is 108 cm³/mol. The monoisotopic (exact) mass is 407 g/mol. The van der Waals surface area contributed by atoms with Crippen molar-refractivity contribution in [3.05, 3.63) is 29.8 Å². The summed E-state index contributed by atoms with van der Waals surface area (Å²) in [7, 11) is -3.52. The summed E-state index contributed by atoms with van der Waals surface area (Å²) in [6.45, 7) is 12.1. The fourth-order valence-corrected chi connectivity index (χ4v) is 5.45. The summed E-state index contributed by atoms with van der Waals surface area (Å²) in [6.07, 6.45) is 3.50. The summed E-state index contributed by atoms with van der Waals surface area (Å²) < 4.78 is 29.2. The van der Waals surface area contributed by atoms with Gasteiger partial charge in [-0.15, -0.1) is 0 Å². The van der Waals surface area contributed by atoms with Crippen LogP contribution in [0.25, 0.3) is 0 Å². The van der Waals surface area contributed by atoms with E-state index in [4.69, 9.17) is 0 Å². The van der Waals surface area contributed by atoms with Crippen molar-refractivity contribution in [2.45, 2.75) is 39.3 Å². The quantitative estimate of drug-likeness (QED) is 0.679. The standard InChI is InChI=1S/C18H29N7O2S/c1-5-24(6-2)28(26,27)17-15(3)21-25(16(17)4)14-22-10-12-23(13-11-22)18-19-8-7-9-20-18/h7-9H,5-6,10-14H2,1-4H3. The van der Waals surface area contributed by atoms with Gasteiger partial charge in [0.2, 0.25) is 16.0 Å². The van der Waals surface area contributed by atoms with Gasteiger partial charge in [-0.25, -0.2) is 18.4 Å². The lowest BCUT2D eigenvalue weighted by molar-refractivity contribution is 0.193. The molecule has 1 aliphatic rings. The molecular weight excluding hydrogens is 378 g/mol. The van der Waals surface area contributed by atoms with Crippen LogP contribution in [0.3, 0.4) is 0 Å². The second-order valence-electron chi connectivity index (χ2n) is 6.88. The number of hydrogen-bond donors (Lipinski definition) is 0. The van der Waals surface area contributed by atoms with Crippen LogP contribution < -0.4 is 4.90 Å². The molecular formula is C18H29N7O2S. The van der Waals surface area contributed by atoms with Crippen molar-refractivity contribution in [1.29, 1.82) is 0 Å². The minimum atomic E-state index is -3.52. The highest BCUT2D eigenvalue weighted by molar-refractivity contribution is 7.89. The first-order valence-electron chi connectivity index (χ1n) is 9.67. The Labute approximate surface area is 167 Å². The van der Waals surface area contributed by atoms with Gasteiger partial charge in [0.1, 0.15) is 4.90 Å². The summed E-state index contributed by atoms with van der Waals surface area (Å²) in [4.78, 5) is 13.4. The molecule has 0 amide bonds. The van der Waals surface area contributed by atoms with Crippen molar-refractivity contribution >= 4 is 16.0 Å². The van der Waals surface area contributed by atoms with Gasteiger partial charge < -0.3 is 4.90 Å². The molecule has 2 aromatic rings. The molecule has 3 heterocycles. The van der Waals surface area contributed by atoms with Gasteiger partial charge in [0.25, 0.3) is 0 Å². The van der Waals surface area contributed by atoms with E-state index in [1.54, 1.807) is 24.0 Å². The van der Waals surface area contributed by atoms with E-state index in [0.717, 1.165) is 32.1 Å². The summed E-state index contributed by atoms with van der Waals surface area (Å²) in [5.74, 6) is 0.751. The van der Waals surface area contributed by atoms with Crippen molar-refractivity contribution in [2.75, 3.05) is 44.2 Å². The van der Waals surface area contributed by atoms with Gasteiger partial charge in [-0.3, -0.25) is 9.58 Å². The number of rotatable bonds is 7. The van der Waals surface area contributed by atoms with E-state index in [1.807, 2.05) is 26.8 Å². The minimum Gasteiger partial charge on any atom is -0.338 e. The molecule has 1 fully saturated rings. The zero-order valence-electron chi connectivity index (χ0n) is 17.0. The third-order valence-corrected chi connectivity index (χ3v) is 7.46. The second kappa shape index (κ2) is 8.54. The third kappa shape index (κ3) is 4.03. The smallest absolute Gasteiger partial charge is 0.246 e. The minimum absolute atomic E-state index is 0.340. The van der Waals surface area contributed by atoms with Crippen molar-refractivity contribution < 1.29 is 8.42 Å². The molecule has 0 aromatic carbocycles. The molecule has 0 atom stereocenters. The number of piperazine rings is 1. The van der Waals surface area contributed by atoms with Crippen molar-refractivity contribution in [3.8, 4) is 0 Å². The maximum absolute atomic E-state index is 13.0. The Morgan fingerprint density at radius 3 is 2.21 bits per heavy atom. The van der Waals surface area contributed by atoms with Gasteiger partial charge in [0.05, 0.1) is 18.1 Å². The number of hydrogen-bond acceptors (Lipinski definition) is 7. The van der Waals surface area contributed by atoms with E-state index in [9.17, 15) is 8.42 Å². The molecule has 0 unspecified atom stereocenters. The molecule has 0 aliphatic carbocycles. The first-order valence-corrected chi connectivity index (χ1v) is 11.1. The van der Waals surface area contributed by atoms with Crippen LogP contribution in [0.4, 0.5) is 5.95 Å². The van der Waals surface area contributed by atoms with Crippen LogP contribution in [-0.4, -0.2) is 76.6 Å². The summed E-state index contributed by atoms with van der Waals surface area (Å²) in [5, 5.41) is 4.53. The second-order valence-corrected chi connectivity index (χ2v) is 8.76. The predicted octanol–water partition coefficient (Wildman–Crippen LogP) is 1.10. The number of anilines is 1. The third-order valence-electron chi connectivity index (χ3n) is 5.16. The van der Waals surface area contributed by atoms with Gasteiger partial charge >= 0.3 is 0 Å². The summed E-state index contributed by atoms with van der Waals surface area (Å²) in [6, 6.07) is 1.81. The molecule has 0 saturated carbocycles. The van der Waals surface area contributed by atoms with Crippen molar-refractivity contribution in [1.82, 2.24) is 29.0 Å². The van der Waals surface area contributed by atoms with Crippen LogP contribution in [0.5, 0.6) is 0 Å². The average Bonchev–Trinajstić information content (AvgIpc) is 2.97. The zero-order chi connectivity index (χ0) is 20.3. The van der Waals surface area contributed by atoms with E-state index in [1.165, 1.54) is 4.31 Å². The van der Waals surface area contributed by atoms with Gasteiger partial charge in [-0.1, -0.05) is 13.8 Å². The summed E-state index contributed by atoms with van der Waals surface area (Å²) >= 11 is 0. The van der Waals surface area contributed by atoms with Gasteiger partial charge in [-0.2, -0.15) is 9.40 Å².